The first-order chi connectivity index (χ1) is 4.98. The van der Waals surface area contributed by atoms with Crippen molar-refractivity contribution in [2.75, 3.05) is 19.8 Å². The molecule has 0 aromatic rings. The zero-order valence-corrected chi connectivity index (χ0v) is 10.5. The van der Waals surface area contributed by atoms with Gasteiger partial charge in [0.15, 0.2) is 0 Å². The molecule has 0 heterocycles. The Morgan fingerprint density at radius 3 is 2.27 bits per heavy atom. The van der Waals surface area contributed by atoms with Crippen LogP contribution in [0, 0.1) is 0 Å². The van der Waals surface area contributed by atoms with Gasteiger partial charge in [0.25, 0.3) is 0 Å². The summed E-state index contributed by atoms with van der Waals surface area (Å²) >= 11 is 1.12. The first-order valence-corrected chi connectivity index (χ1v) is 5.17. The number of nitrogens with zero attached hydrogens (tertiary/aromatic N) is 1. The Kier molecular flexibility index (Phi) is 5.37. The van der Waals surface area contributed by atoms with Crippen molar-refractivity contribution in [1.82, 2.24) is 3.88 Å². The molecule has 0 unspecified atom stereocenters. The van der Waals surface area contributed by atoms with Gasteiger partial charge < -0.3 is 8.62 Å². The van der Waals surface area contributed by atoms with Crippen molar-refractivity contribution in [3.63, 3.8) is 0 Å². The second-order valence-electron chi connectivity index (χ2n) is 3.79. The summed E-state index contributed by atoms with van der Waals surface area (Å²) in [5, 5.41) is 0. The molecular weight excluding hydrogens is 153 g/mol. The third-order valence-electron chi connectivity index (χ3n) is 1.92. The van der Waals surface area contributed by atoms with Gasteiger partial charge in [-0.25, -0.2) is 0 Å². The lowest BCUT2D eigenvalue weighted by Crippen LogP contribution is -2.41. The fraction of sp³-hybridized carbons (Fsp3) is 1.00. The molecule has 0 rings (SSSR count). The quantitative estimate of drug-likeness (QED) is 0.457. The molecule has 0 radical (unpaired) electrons. The Labute approximate surface area is 78.5 Å². The smallest absolute Gasteiger partial charge is 0.322 e. The van der Waals surface area contributed by atoms with E-state index in [1.807, 2.05) is 6.92 Å². The van der Waals surface area contributed by atoms with Crippen molar-refractivity contribution in [2.45, 2.75) is 33.2 Å². The lowest BCUT2D eigenvalue weighted by atomic mass is 10.1. The van der Waals surface area contributed by atoms with Crippen molar-refractivity contribution < 1.29 is 4.74 Å². The molecule has 0 aliphatic heterocycles. The molecule has 0 saturated carbocycles. The minimum Gasteiger partial charge on any atom is -0.384 e. The highest BCUT2D eigenvalue weighted by Crippen LogP contribution is 2.08. The molecule has 0 N–H and O–H groups in total. The van der Waals surface area contributed by atoms with Crippen molar-refractivity contribution >= 4 is 16.5 Å². The molecule has 0 amide bonds. The average molecular weight is 173 g/mol. The minimum atomic E-state index is 0.323. The average Bonchev–Trinajstić information content (AvgIpc) is 1.86. The van der Waals surface area contributed by atoms with Crippen LogP contribution < -0.4 is 0 Å². The van der Waals surface area contributed by atoms with Crippen LogP contribution in [0.3, 0.4) is 0 Å². The maximum atomic E-state index is 5.28. The number of rotatable bonds is 4. The standard InChI is InChI=1S/C8H18NO.Al.2H/c1-5-10-7-6-9-8(2,3)4;;;/h5-7H2,1-4H3;;;/q-1;+1;;. The normalized spacial score (nSPS) is 12.5. The molecule has 0 aliphatic rings. The molecule has 66 valence electrons. The van der Waals surface area contributed by atoms with Crippen LogP contribution in [0.1, 0.15) is 27.7 Å². The van der Waals surface area contributed by atoms with E-state index in [2.05, 4.69) is 24.7 Å². The SMILES string of the molecule is CCOCC[N]([AlH2])C(C)(C)C. The van der Waals surface area contributed by atoms with Gasteiger partial charge in [0.05, 0.1) is 6.61 Å². The molecule has 0 atom stereocenters. The van der Waals surface area contributed by atoms with Gasteiger partial charge in [-0.2, -0.15) is 0 Å². The number of hydrogen-bond donors (Lipinski definition) is 0. The van der Waals surface area contributed by atoms with Gasteiger partial charge >= 0.3 is 16.5 Å². The maximum Gasteiger partial charge on any atom is 0.322 e. The zero-order valence-electron chi connectivity index (χ0n) is 8.48. The summed E-state index contributed by atoms with van der Waals surface area (Å²) in [6.45, 7) is 11.5. The van der Waals surface area contributed by atoms with Gasteiger partial charge in [0.1, 0.15) is 0 Å². The van der Waals surface area contributed by atoms with Gasteiger partial charge in [-0.1, -0.05) is 0 Å². The topological polar surface area (TPSA) is 12.5 Å². The first-order valence-electron chi connectivity index (χ1n) is 4.27. The highest BCUT2D eigenvalue weighted by atomic mass is 27.1. The monoisotopic (exact) mass is 173 g/mol. The summed E-state index contributed by atoms with van der Waals surface area (Å²) in [5.74, 6) is 0. The fourth-order valence-electron chi connectivity index (χ4n) is 0.681. The molecule has 0 aliphatic carbocycles. The van der Waals surface area contributed by atoms with Crippen LogP contribution in [-0.4, -0.2) is 45.7 Å². The molecule has 0 aromatic carbocycles. The molecule has 0 spiro atoms. The first kappa shape index (κ1) is 11.5. The van der Waals surface area contributed by atoms with E-state index < -0.39 is 0 Å². The van der Waals surface area contributed by atoms with Crippen LogP contribution in [-0.2, 0) is 4.74 Å². The predicted molar refractivity (Wildman–Crippen MR) is 51.5 cm³/mol. The molecule has 2 nitrogen and oxygen atoms in total. The van der Waals surface area contributed by atoms with Crippen molar-refractivity contribution in [3.8, 4) is 0 Å². The van der Waals surface area contributed by atoms with Gasteiger partial charge in [0, 0.05) is 13.2 Å². The highest BCUT2D eigenvalue weighted by Gasteiger charge is 2.14. The maximum absolute atomic E-state index is 5.28. The largest absolute Gasteiger partial charge is 0.384 e. The Bertz CT molecular complexity index is 101. The molecule has 0 saturated heterocycles. The van der Waals surface area contributed by atoms with Crippen LogP contribution in [0.25, 0.3) is 0 Å². The molecular formula is C8H20AlNO. The Hall–Kier alpha value is 0.452. The molecule has 0 fully saturated rings. The van der Waals surface area contributed by atoms with E-state index in [0.29, 0.717) is 5.54 Å². The summed E-state index contributed by atoms with van der Waals surface area (Å²) in [4.78, 5) is 0. The third kappa shape index (κ3) is 5.69. The van der Waals surface area contributed by atoms with E-state index in [-0.39, 0.29) is 0 Å². The van der Waals surface area contributed by atoms with Crippen LogP contribution >= 0.6 is 0 Å². The van der Waals surface area contributed by atoms with Crippen LogP contribution in [0.15, 0.2) is 0 Å². The summed E-state index contributed by atoms with van der Waals surface area (Å²) in [5.41, 5.74) is 0.323. The van der Waals surface area contributed by atoms with Crippen LogP contribution in [0.4, 0.5) is 0 Å². The molecule has 11 heavy (non-hydrogen) atoms. The highest BCUT2D eigenvalue weighted by molar-refractivity contribution is 6.04. The molecule has 0 aromatic heterocycles. The van der Waals surface area contributed by atoms with Crippen molar-refractivity contribution in [3.05, 3.63) is 0 Å². The van der Waals surface area contributed by atoms with E-state index in [0.717, 1.165) is 36.3 Å². The summed E-state index contributed by atoms with van der Waals surface area (Å²) in [6.07, 6.45) is 0. The zero-order chi connectivity index (χ0) is 8.91. The van der Waals surface area contributed by atoms with Crippen LogP contribution in [0.2, 0.25) is 0 Å². The minimum absolute atomic E-state index is 0.323. The molecule has 0 bridgehead atoms. The Morgan fingerprint density at radius 2 is 1.91 bits per heavy atom. The molecule has 3 heteroatoms. The van der Waals surface area contributed by atoms with Gasteiger partial charge in [0.2, 0.25) is 0 Å². The summed E-state index contributed by atoms with van der Waals surface area (Å²) in [7, 11) is 0. The van der Waals surface area contributed by atoms with Crippen molar-refractivity contribution in [2.24, 2.45) is 0 Å². The van der Waals surface area contributed by atoms with Gasteiger partial charge in [-0.05, 0) is 33.2 Å². The Balaban J connectivity index is 3.44. The second kappa shape index (κ2) is 5.16. The van der Waals surface area contributed by atoms with E-state index >= 15 is 0 Å². The summed E-state index contributed by atoms with van der Waals surface area (Å²) < 4.78 is 7.71. The van der Waals surface area contributed by atoms with E-state index in [4.69, 9.17) is 4.74 Å². The third-order valence-corrected chi connectivity index (χ3v) is 3.71. The Morgan fingerprint density at radius 1 is 1.36 bits per heavy atom. The lowest BCUT2D eigenvalue weighted by Gasteiger charge is -2.33. The van der Waals surface area contributed by atoms with Gasteiger partial charge in [-0.3, -0.25) is 0 Å². The summed E-state index contributed by atoms with van der Waals surface area (Å²) in [6, 6.07) is 0. The van der Waals surface area contributed by atoms with Crippen LogP contribution in [0.5, 0.6) is 0 Å². The van der Waals surface area contributed by atoms with Gasteiger partial charge in [-0.15, -0.1) is 0 Å². The van der Waals surface area contributed by atoms with E-state index in [1.54, 1.807) is 0 Å². The van der Waals surface area contributed by atoms with E-state index in [1.165, 1.54) is 0 Å². The second-order valence-corrected chi connectivity index (χ2v) is 4.87. The fourth-order valence-corrected chi connectivity index (χ4v) is 0.864. The lowest BCUT2D eigenvalue weighted by molar-refractivity contribution is 0.116. The number of hydrogen-bond acceptors (Lipinski definition) is 2. The predicted octanol–water partition coefficient (Wildman–Crippen LogP) is 0.671. The van der Waals surface area contributed by atoms with E-state index in [9.17, 15) is 0 Å². The van der Waals surface area contributed by atoms with Crippen molar-refractivity contribution in [1.29, 1.82) is 0 Å². The number of ether oxygens (including phenoxy) is 1.